The molecule has 0 saturated carbocycles. The van der Waals surface area contributed by atoms with Gasteiger partial charge < -0.3 is 0 Å². The molecule has 0 N–H and O–H groups in total. The van der Waals surface area contributed by atoms with Crippen LogP contribution in [0.15, 0.2) is 48.7 Å². The van der Waals surface area contributed by atoms with E-state index in [0.29, 0.717) is 0 Å². The van der Waals surface area contributed by atoms with E-state index in [1.807, 2.05) is 0 Å². The van der Waals surface area contributed by atoms with Crippen LogP contribution in [-0.2, 0) is 0 Å². The van der Waals surface area contributed by atoms with Gasteiger partial charge in [0, 0.05) is 6.20 Å². The smallest absolute Gasteiger partial charge is 0.214 e. The molecule has 0 aliphatic rings. The van der Waals surface area contributed by atoms with Crippen molar-refractivity contribution in [3.63, 3.8) is 0 Å². The lowest BCUT2D eigenvalue weighted by Crippen LogP contribution is -2.05. The summed E-state index contributed by atoms with van der Waals surface area (Å²) >= 11 is 0. The van der Waals surface area contributed by atoms with Gasteiger partial charge in [0.2, 0.25) is 5.78 Å². The molecule has 0 unspecified atom stereocenters. The zero-order valence-electron chi connectivity index (χ0n) is 7.85. The molecule has 0 radical (unpaired) electrons. The zero-order chi connectivity index (χ0) is 10.7. The third kappa shape index (κ3) is 1.91. The monoisotopic (exact) mass is 201 g/mol. The predicted octanol–water partition coefficient (Wildman–Crippen LogP) is 2.45. The second-order valence-electron chi connectivity index (χ2n) is 3.02. The molecule has 15 heavy (non-hydrogen) atoms. The van der Waals surface area contributed by atoms with Gasteiger partial charge >= 0.3 is 0 Å². The number of aromatic nitrogens is 1. The molecule has 1 aromatic carbocycles. The SMILES string of the molecule is O=C(c1ccccn1)c1ccccc1F. The van der Waals surface area contributed by atoms with E-state index in [-0.39, 0.29) is 11.3 Å². The zero-order valence-corrected chi connectivity index (χ0v) is 7.85. The molecule has 1 heterocycles. The van der Waals surface area contributed by atoms with Crippen LogP contribution < -0.4 is 0 Å². The normalized spacial score (nSPS) is 9.93. The van der Waals surface area contributed by atoms with Gasteiger partial charge in [-0.2, -0.15) is 0 Å². The Bertz CT molecular complexity index is 482. The maximum Gasteiger partial charge on any atom is 0.214 e. The van der Waals surface area contributed by atoms with E-state index in [4.69, 9.17) is 0 Å². The first-order chi connectivity index (χ1) is 7.29. The summed E-state index contributed by atoms with van der Waals surface area (Å²) in [6.45, 7) is 0. The Kier molecular flexibility index (Phi) is 2.54. The van der Waals surface area contributed by atoms with Gasteiger partial charge in [0.1, 0.15) is 11.5 Å². The van der Waals surface area contributed by atoms with Crippen molar-refractivity contribution in [2.24, 2.45) is 0 Å². The van der Waals surface area contributed by atoms with Gasteiger partial charge in [0.05, 0.1) is 5.56 Å². The Balaban J connectivity index is 2.42. The van der Waals surface area contributed by atoms with E-state index in [0.717, 1.165) is 0 Å². The Morgan fingerprint density at radius 1 is 1.07 bits per heavy atom. The summed E-state index contributed by atoms with van der Waals surface area (Å²) in [7, 11) is 0. The second-order valence-corrected chi connectivity index (χ2v) is 3.02. The van der Waals surface area contributed by atoms with Gasteiger partial charge in [-0.25, -0.2) is 4.39 Å². The first-order valence-corrected chi connectivity index (χ1v) is 4.49. The molecule has 0 aliphatic carbocycles. The lowest BCUT2D eigenvalue weighted by atomic mass is 10.1. The fraction of sp³-hybridized carbons (Fsp3) is 0. The van der Waals surface area contributed by atoms with E-state index in [1.54, 1.807) is 30.3 Å². The van der Waals surface area contributed by atoms with Crippen LogP contribution in [-0.4, -0.2) is 10.8 Å². The molecule has 0 saturated heterocycles. The highest BCUT2D eigenvalue weighted by molar-refractivity contribution is 6.07. The number of carbonyl (C=O) groups excluding carboxylic acids is 1. The van der Waals surface area contributed by atoms with Crippen LogP contribution >= 0.6 is 0 Å². The van der Waals surface area contributed by atoms with Crippen LogP contribution in [0.5, 0.6) is 0 Å². The molecule has 74 valence electrons. The quantitative estimate of drug-likeness (QED) is 0.698. The van der Waals surface area contributed by atoms with Gasteiger partial charge in [-0.1, -0.05) is 18.2 Å². The molecular weight excluding hydrogens is 193 g/mol. The lowest BCUT2D eigenvalue weighted by molar-refractivity contribution is 0.103. The summed E-state index contributed by atoms with van der Waals surface area (Å²) in [5.41, 5.74) is 0.304. The fourth-order valence-corrected chi connectivity index (χ4v) is 1.28. The highest BCUT2D eigenvalue weighted by Crippen LogP contribution is 2.11. The minimum Gasteiger partial charge on any atom is -0.287 e. The summed E-state index contributed by atoms with van der Waals surface area (Å²) < 4.78 is 13.3. The average molecular weight is 201 g/mol. The molecule has 1 aromatic heterocycles. The summed E-state index contributed by atoms with van der Waals surface area (Å²) in [5.74, 6) is -0.915. The summed E-state index contributed by atoms with van der Waals surface area (Å²) in [5, 5.41) is 0. The molecule has 0 amide bonds. The van der Waals surface area contributed by atoms with Crippen LogP contribution in [0.3, 0.4) is 0 Å². The number of ketones is 1. The Morgan fingerprint density at radius 3 is 2.47 bits per heavy atom. The topological polar surface area (TPSA) is 30.0 Å². The maximum atomic E-state index is 13.3. The first kappa shape index (κ1) is 9.52. The van der Waals surface area contributed by atoms with Crippen LogP contribution in [0.4, 0.5) is 4.39 Å². The minimum atomic E-state index is -0.520. The number of benzene rings is 1. The summed E-state index contributed by atoms with van der Waals surface area (Å²) in [6.07, 6.45) is 1.51. The molecule has 2 nitrogen and oxygen atoms in total. The Hall–Kier alpha value is -2.03. The van der Waals surface area contributed by atoms with Crippen molar-refractivity contribution in [2.45, 2.75) is 0 Å². The van der Waals surface area contributed by atoms with Crippen LogP contribution in [0.1, 0.15) is 16.1 Å². The third-order valence-electron chi connectivity index (χ3n) is 2.02. The Labute approximate surface area is 86.4 Å². The van der Waals surface area contributed by atoms with Crippen molar-refractivity contribution in [3.8, 4) is 0 Å². The molecule has 0 spiro atoms. The van der Waals surface area contributed by atoms with Gasteiger partial charge in [-0.05, 0) is 24.3 Å². The molecule has 2 rings (SSSR count). The number of rotatable bonds is 2. The Morgan fingerprint density at radius 2 is 1.80 bits per heavy atom. The summed E-state index contributed by atoms with van der Waals surface area (Å²) in [6, 6.07) is 10.8. The lowest BCUT2D eigenvalue weighted by Gasteiger charge is -2.00. The minimum absolute atomic E-state index is 0.0520. The molecule has 3 heteroatoms. The van der Waals surface area contributed by atoms with Gasteiger partial charge in [0.25, 0.3) is 0 Å². The maximum absolute atomic E-state index is 13.3. The number of hydrogen-bond donors (Lipinski definition) is 0. The van der Waals surface area contributed by atoms with Crippen molar-refractivity contribution in [2.75, 3.05) is 0 Å². The van der Waals surface area contributed by atoms with Crippen molar-refractivity contribution in [1.29, 1.82) is 0 Å². The second kappa shape index (κ2) is 4.00. The predicted molar refractivity (Wildman–Crippen MR) is 54.1 cm³/mol. The van der Waals surface area contributed by atoms with Crippen LogP contribution in [0, 0.1) is 5.82 Å². The van der Waals surface area contributed by atoms with Crippen LogP contribution in [0.25, 0.3) is 0 Å². The van der Waals surface area contributed by atoms with Crippen molar-refractivity contribution in [3.05, 3.63) is 65.7 Å². The van der Waals surface area contributed by atoms with Crippen molar-refractivity contribution < 1.29 is 9.18 Å². The molecule has 0 aliphatic heterocycles. The van der Waals surface area contributed by atoms with Crippen molar-refractivity contribution >= 4 is 5.78 Å². The number of carbonyl (C=O) groups is 1. The van der Waals surface area contributed by atoms with E-state index in [9.17, 15) is 9.18 Å². The number of halogens is 1. The van der Waals surface area contributed by atoms with E-state index < -0.39 is 11.6 Å². The third-order valence-corrected chi connectivity index (χ3v) is 2.02. The van der Waals surface area contributed by atoms with Crippen LogP contribution in [0.2, 0.25) is 0 Å². The number of hydrogen-bond acceptors (Lipinski definition) is 2. The first-order valence-electron chi connectivity index (χ1n) is 4.49. The highest BCUT2D eigenvalue weighted by atomic mass is 19.1. The van der Waals surface area contributed by atoms with E-state index in [1.165, 1.54) is 18.3 Å². The molecule has 2 aromatic rings. The van der Waals surface area contributed by atoms with Crippen molar-refractivity contribution in [1.82, 2.24) is 4.98 Å². The highest BCUT2D eigenvalue weighted by Gasteiger charge is 2.13. The van der Waals surface area contributed by atoms with Gasteiger partial charge in [0.15, 0.2) is 0 Å². The number of nitrogens with zero attached hydrogens (tertiary/aromatic N) is 1. The molecule has 0 fully saturated rings. The van der Waals surface area contributed by atoms with Gasteiger partial charge in [-0.3, -0.25) is 9.78 Å². The summed E-state index contributed by atoms with van der Waals surface area (Å²) in [4.78, 5) is 15.6. The fourth-order valence-electron chi connectivity index (χ4n) is 1.28. The van der Waals surface area contributed by atoms with Gasteiger partial charge in [-0.15, -0.1) is 0 Å². The largest absolute Gasteiger partial charge is 0.287 e. The van der Waals surface area contributed by atoms with E-state index in [2.05, 4.69) is 4.98 Å². The average Bonchev–Trinajstić information content (AvgIpc) is 2.30. The molecular formula is C12H8FNO. The van der Waals surface area contributed by atoms with E-state index >= 15 is 0 Å². The molecule has 0 atom stereocenters. The standard InChI is InChI=1S/C12H8FNO/c13-10-6-2-1-5-9(10)12(15)11-7-3-4-8-14-11/h1-8H. The molecule has 0 bridgehead atoms. The number of pyridine rings is 1.